The Labute approximate surface area is 181 Å². The first-order chi connectivity index (χ1) is 14.2. The van der Waals surface area contributed by atoms with Gasteiger partial charge in [0.1, 0.15) is 5.00 Å². The Morgan fingerprint density at radius 2 is 1.70 bits per heavy atom. The summed E-state index contributed by atoms with van der Waals surface area (Å²) in [5.41, 5.74) is 3.29. The fraction of sp³-hybridized carbons (Fsp3) is 0.400. The molecule has 0 fully saturated rings. The summed E-state index contributed by atoms with van der Waals surface area (Å²) in [4.78, 5) is 25.0. The molecule has 164 valence electrons. The first kappa shape index (κ1) is 24.0. The molecule has 0 spiro atoms. The molecule has 2 amide bonds. The minimum atomic E-state index is -3.60. The normalized spacial score (nSPS) is 11.7. The zero-order valence-corrected chi connectivity index (χ0v) is 19.3. The maximum atomic E-state index is 12.8. The quantitative estimate of drug-likeness (QED) is 0.540. The Morgan fingerprint density at radius 1 is 1.03 bits per heavy atom. The molecule has 1 aromatic heterocycles. The molecule has 0 aliphatic rings. The SMILES string of the molecule is CCCCN(CC)S(=O)(=O)c1ccc(C(=O)Nc2sccc2C(=O)NN(C)C)cc1. The van der Waals surface area contributed by atoms with Crippen molar-refractivity contribution in [2.75, 3.05) is 32.5 Å². The van der Waals surface area contributed by atoms with Gasteiger partial charge < -0.3 is 5.32 Å². The molecule has 0 unspecified atom stereocenters. The number of hydrogen-bond donors (Lipinski definition) is 2. The van der Waals surface area contributed by atoms with Crippen molar-refractivity contribution in [3.05, 3.63) is 46.8 Å². The number of anilines is 1. The van der Waals surface area contributed by atoms with Gasteiger partial charge in [-0.1, -0.05) is 20.3 Å². The van der Waals surface area contributed by atoms with E-state index in [-0.39, 0.29) is 10.8 Å². The van der Waals surface area contributed by atoms with E-state index in [2.05, 4.69) is 10.7 Å². The van der Waals surface area contributed by atoms with Crippen LogP contribution in [0.15, 0.2) is 40.6 Å². The smallest absolute Gasteiger partial charge is 0.268 e. The van der Waals surface area contributed by atoms with Crippen molar-refractivity contribution < 1.29 is 18.0 Å². The third kappa shape index (κ3) is 5.88. The van der Waals surface area contributed by atoms with Gasteiger partial charge in [0.05, 0.1) is 10.5 Å². The zero-order chi connectivity index (χ0) is 22.3. The van der Waals surface area contributed by atoms with Crippen LogP contribution in [0.2, 0.25) is 0 Å². The van der Waals surface area contributed by atoms with Crippen molar-refractivity contribution >= 4 is 38.2 Å². The second-order valence-electron chi connectivity index (χ2n) is 6.83. The maximum absolute atomic E-state index is 12.8. The standard InChI is InChI=1S/C20H28N4O4S2/c1-5-7-13-24(6-2)30(27,28)16-10-8-15(9-11-16)18(25)21-20-17(12-14-29-20)19(26)22-23(3)4/h8-12,14H,5-7,13H2,1-4H3,(H,21,25)(H,22,26). The van der Waals surface area contributed by atoms with Crippen LogP contribution in [-0.4, -0.2) is 56.7 Å². The Morgan fingerprint density at radius 3 is 2.27 bits per heavy atom. The van der Waals surface area contributed by atoms with E-state index in [9.17, 15) is 18.0 Å². The lowest BCUT2D eigenvalue weighted by atomic mass is 10.2. The number of nitrogens with zero attached hydrogens (tertiary/aromatic N) is 2. The molecule has 2 N–H and O–H groups in total. The van der Waals surface area contributed by atoms with Gasteiger partial charge in [-0.05, 0) is 42.1 Å². The second kappa shape index (κ2) is 10.7. The molecule has 0 atom stereocenters. The van der Waals surface area contributed by atoms with Crippen LogP contribution in [0, 0.1) is 0 Å². The molecule has 0 saturated carbocycles. The number of amides is 2. The molecule has 0 saturated heterocycles. The number of nitrogens with one attached hydrogen (secondary N) is 2. The van der Waals surface area contributed by atoms with Gasteiger partial charge in [0.25, 0.3) is 11.8 Å². The molecule has 0 aliphatic heterocycles. The molecule has 0 radical (unpaired) electrons. The summed E-state index contributed by atoms with van der Waals surface area (Å²) < 4.78 is 27.0. The molecule has 0 bridgehead atoms. The molecule has 10 heteroatoms. The highest BCUT2D eigenvalue weighted by Crippen LogP contribution is 2.24. The number of carbonyl (C=O) groups excluding carboxylic acids is 2. The number of thiophene rings is 1. The first-order valence-corrected chi connectivity index (χ1v) is 12.0. The van der Waals surface area contributed by atoms with E-state index in [1.54, 1.807) is 32.5 Å². The predicted octanol–water partition coefficient (Wildman–Crippen LogP) is 3.02. The molecule has 30 heavy (non-hydrogen) atoms. The summed E-state index contributed by atoms with van der Waals surface area (Å²) in [6.07, 6.45) is 1.69. The molecule has 0 aliphatic carbocycles. The van der Waals surface area contributed by atoms with E-state index in [0.717, 1.165) is 12.8 Å². The monoisotopic (exact) mass is 452 g/mol. The Kier molecular flexibility index (Phi) is 8.54. The van der Waals surface area contributed by atoms with Crippen LogP contribution in [0.4, 0.5) is 5.00 Å². The molecule has 1 heterocycles. The number of rotatable bonds is 10. The first-order valence-electron chi connectivity index (χ1n) is 9.68. The van der Waals surface area contributed by atoms with Crippen molar-refractivity contribution in [3.8, 4) is 0 Å². The highest BCUT2D eigenvalue weighted by molar-refractivity contribution is 7.89. The Bertz CT molecular complexity index is 969. The fourth-order valence-corrected chi connectivity index (χ4v) is 5.00. The Hall–Kier alpha value is -2.27. The van der Waals surface area contributed by atoms with E-state index in [4.69, 9.17) is 0 Å². The minimum Gasteiger partial charge on any atom is -0.313 e. The molecular weight excluding hydrogens is 424 g/mol. The summed E-state index contributed by atoms with van der Waals surface area (Å²) in [5.74, 6) is -0.747. The van der Waals surface area contributed by atoms with Gasteiger partial charge in [-0.25, -0.2) is 13.4 Å². The van der Waals surface area contributed by atoms with Crippen LogP contribution in [-0.2, 0) is 10.0 Å². The minimum absolute atomic E-state index is 0.152. The van der Waals surface area contributed by atoms with Crippen LogP contribution < -0.4 is 10.7 Å². The lowest BCUT2D eigenvalue weighted by Crippen LogP contribution is -2.36. The predicted molar refractivity (Wildman–Crippen MR) is 119 cm³/mol. The molecule has 1 aromatic carbocycles. The fourth-order valence-electron chi connectivity index (χ4n) is 2.73. The number of carbonyl (C=O) groups is 2. The van der Waals surface area contributed by atoms with Crippen LogP contribution in [0.3, 0.4) is 0 Å². The lowest BCUT2D eigenvalue weighted by Gasteiger charge is -2.20. The Balaban J connectivity index is 2.15. The summed E-state index contributed by atoms with van der Waals surface area (Å²) in [5, 5.41) is 6.38. The number of unbranched alkanes of at least 4 members (excludes halogenated alkanes) is 1. The van der Waals surface area contributed by atoms with Crippen LogP contribution in [0.5, 0.6) is 0 Å². The van der Waals surface area contributed by atoms with Crippen LogP contribution in [0.1, 0.15) is 47.4 Å². The summed E-state index contributed by atoms with van der Waals surface area (Å²) in [6.45, 7) is 4.67. The number of hydrazine groups is 1. The van der Waals surface area contributed by atoms with Gasteiger partial charge in [0.2, 0.25) is 10.0 Å². The highest BCUT2D eigenvalue weighted by atomic mass is 32.2. The van der Waals surface area contributed by atoms with Crippen molar-refractivity contribution in [2.45, 2.75) is 31.6 Å². The molecule has 2 rings (SSSR count). The van der Waals surface area contributed by atoms with Crippen molar-refractivity contribution in [3.63, 3.8) is 0 Å². The molecule has 8 nitrogen and oxygen atoms in total. The van der Waals surface area contributed by atoms with Gasteiger partial charge in [-0.3, -0.25) is 15.0 Å². The summed E-state index contributed by atoms with van der Waals surface area (Å²) in [7, 11) is -0.210. The third-order valence-corrected chi connectivity index (χ3v) is 7.15. The number of benzene rings is 1. The second-order valence-corrected chi connectivity index (χ2v) is 9.68. The topological polar surface area (TPSA) is 98.8 Å². The van der Waals surface area contributed by atoms with Gasteiger partial charge in [-0.2, -0.15) is 4.31 Å². The highest BCUT2D eigenvalue weighted by Gasteiger charge is 2.23. The lowest BCUT2D eigenvalue weighted by molar-refractivity contribution is 0.0858. The summed E-state index contributed by atoms with van der Waals surface area (Å²) in [6, 6.07) is 7.45. The molecular formula is C20H28N4O4S2. The van der Waals surface area contributed by atoms with Gasteiger partial charge >= 0.3 is 0 Å². The van der Waals surface area contributed by atoms with Crippen molar-refractivity contribution in [1.29, 1.82) is 0 Å². The van der Waals surface area contributed by atoms with Crippen LogP contribution in [0.25, 0.3) is 0 Å². The van der Waals surface area contributed by atoms with E-state index >= 15 is 0 Å². The number of hydrogen-bond acceptors (Lipinski definition) is 6. The van der Waals surface area contributed by atoms with Crippen molar-refractivity contribution in [1.82, 2.24) is 14.7 Å². The maximum Gasteiger partial charge on any atom is 0.268 e. The zero-order valence-electron chi connectivity index (χ0n) is 17.6. The van der Waals surface area contributed by atoms with E-state index in [1.807, 2.05) is 6.92 Å². The average molecular weight is 453 g/mol. The third-order valence-electron chi connectivity index (χ3n) is 4.33. The van der Waals surface area contributed by atoms with Crippen LogP contribution >= 0.6 is 11.3 Å². The van der Waals surface area contributed by atoms with E-state index in [0.29, 0.717) is 29.2 Å². The van der Waals surface area contributed by atoms with Gasteiger partial charge in [0.15, 0.2) is 0 Å². The number of sulfonamides is 1. The van der Waals surface area contributed by atoms with Gasteiger partial charge in [0, 0.05) is 32.7 Å². The molecule has 2 aromatic rings. The van der Waals surface area contributed by atoms with E-state index < -0.39 is 15.9 Å². The van der Waals surface area contributed by atoms with Crippen molar-refractivity contribution in [2.24, 2.45) is 0 Å². The van der Waals surface area contributed by atoms with Gasteiger partial charge in [-0.15, -0.1) is 11.3 Å². The largest absolute Gasteiger partial charge is 0.313 e. The van der Waals surface area contributed by atoms with E-state index in [1.165, 1.54) is 44.9 Å². The average Bonchev–Trinajstić information content (AvgIpc) is 3.16. The summed E-state index contributed by atoms with van der Waals surface area (Å²) >= 11 is 1.24.